The summed E-state index contributed by atoms with van der Waals surface area (Å²) < 4.78 is 16.8. The van der Waals surface area contributed by atoms with Crippen LogP contribution in [0.2, 0.25) is 25.9 Å². The minimum absolute atomic E-state index is 0.0885. The summed E-state index contributed by atoms with van der Waals surface area (Å²) in [6.45, 7) is 4.49. The van der Waals surface area contributed by atoms with Crippen LogP contribution in [0, 0.1) is 0 Å². The Labute approximate surface area is 442 Å². The summed E-state index contributed by atoms with van der Waals surface area (Å²) >= 11 is 0. The Morgan fingerprint density at radius 1 is 0.671 bits per heavy atom. The number of benzene rings is 3. The molecule has 0 aliphatic carbocycles. The van der Waals surface area contributed by atoms with E-state index >= 15 is 9.59 Å². The largest absolute Gasteiger partial charge is 0.488 e. The van der Waals surface area contributed by atoms with E-state index in [9.17, 15) is 9.59 Å². The van der Waals surface area contributed by atoms with Gasteiger partial charge >= 0.3 is 12.2 Å². The van der Waals surface area contributed by atoms with Gasteiger partial charge in [0.1, 0.15) is 47.5 Å². The van der Waals surface area contributed by atoms with Gasteiger partial charge in [-0.1, -0.05) is 28.7 Å². The maximum absolute atomic E-state index is 15.3. The number of methoxy groups -OCH3 is 2. The first-order valence-corrected chi connectivity index (χ1v) is 26.0. The van der Waals surface area contributed by atoms with Gasteiger partial charge < -0.3 is 44.6 Å². The summed E-state index contributed by atoms with van der Waals surface area (Å²) in [5, 5.41) is 5.43. The third-order valence-corrected chi connectivity index (χ3v) is 18.8. The molecule has 0 spiro atoms. The number of H-pyrrole nitrogens is 2. The van der Waals surface area contributed by atoms with Gasteiger partial charge in [-0.15, -0.1) is 15.3 Å². The highest BCUT2D eigenvalue weighted by molar-refractivity contribution is 6.71. The molecule has 0 bridgehead atoms. The molecule has 366 valence electrons. The fourth-order valence-electron chi connectivity index (χ4n) is 12.8. The number of alkyl carbamates (subject to hydrolysis) is 2. The van der Waals surface area contributed by atoms with Crippen molar-refractivity contribution in [2.45, 2.75) is 107 Å². The summed E-state index contributed by atoms with van der Waals surface area (Å²) in [4.78, 5) is 77.4. The maximum Gasteiger partial charge on any atom is 0.407 e. The molecular weight excluding hydrogens is 904 g/mol. The topological polar surface area (TPSA) is 184 Å². The first-order chi connectivity index (χ1) is 33.8. The first-order valence-electron chi connectivity index (χ1n) is 26.0. The van der Waals surface area contributed by atoms with Crippen LogP contribution >= 0.6 is 0 Å². The van der Waals surface area contributed by atoms with Crippen molar-refractivity contribution >= 4 is 156 Å². The van der Waals surface area contributed by atoms with Gasteiger partial charge in [0.2, 0.25) is 11.8 Å². The van der Waals surface area contributed by atoms with E-state index in [2.05, 4.69) is 149 Å². The Morgan fingerprint density at radius 2 is 1.23 bits per heavy atom. The lowest BCUT2D eigenvalue weighted by molar-refractivity contribution is -0.139. The SMILES string of the molecule is BC(B)(B)C(B)(B)[C@](B)(NC(=O)OC)C(=O)N1[C@@H](C)CC[C@H]1c1nc2ccc3cc4c(cc3c2[nH]1)OCc1cc(-c2cnc([C@@H]3CC[C@H](C)N3C(=O)[C@@](B)(NC(=O)OC)C(B)(C(B)(B)B)C(B)(B)B)[nH]2)ccc1-4. The van der Waals surface area contributed by atoms with E-state index in [0.29, 0.717) is 31.1 Å². The maximum atomic E-state index is 15.3. The van der Waals surface area contributed by atoms with Gasteiger partial charge in [-0.05, 0) is 85.9 Å². The van der Waals surface area contributed by atoms with Crippen LogP contribution in [0.3, 0.4) is 0 Å². The number of rotatable bonds is 12. The third-order valence-electron chi connectivity index (χ3n) is 18.8. The van der Waals surface area contributed by atoms with Gasteiger partial charge in [-0.3, -0.25) is 9.59 Å². The number of likely N-dealkylation sites (tertiary alicyclic amines) is 2. The standard InChI is InChI=1S/C44H66B14N8O7/c1-18-5-11-28(65(18)34(67)38(45,63-36(69)71-3)40(47,42(50,51)52)43(53,54)55)32-59-16-27(61-32)21-7-9-23-22(13-21)17-73-30-15-24-20(14-25(23)30)8-10-26-31(24)62-33(60-26)29-12-6-19(2)66(29)35(68)39(46,64-37(70)72-4)41(48,49)44(56,57)58/h7-10,13-16,18-19,28-29H,5-6,11-12,17,45-58H2,1-4H3,(H,59,61)(H,60,62)(H,63,69)(H,64,70)/t18-,19-,28-,29-,38+,39+/m0/s1. The number of amides is 4. The van der Waals surface area contributed by atoms with E-state index in [4.69, 9.17) is 24.2 Å². The van der Waals surface area contributed by atoms with Crippen molar-refractivity contribution in [3.63, 3.8) is 0 Å². The van der Waals surface area contributed by atoms with Gasteiger partial charge in [0.25, 0.3) is 0 Å². The van der Waals surface area contributed by atoms with Gasteiger partial charge in [0.05, 0.1) is 146 Å². The van der Waals surface area contributed by atoms with Crippen molar-refractivity contribution in [2.24, 2.45) is 0 Å². The van der Waals surface area contributed by atoms with Crippen molar-refractivity contribution in [3.05, 3.63) is 65.9 Å². The van der Waals surface area contributed by atoms with E-state index in [0.717, 1.165) is 68.3 Å². The quantitative estimate of drug-likeness (QED) is 0.0885. The van der Waals surface area contributed by atoms with Gasteiger partial charge in [0.15, 0.2) is 0 Å². The molecule has 0 unspecified atom stereocenters. The Kier molecular flexibility index (Phi) is 13.7. The Bertz CT molecular complexity index is 3020. The third kappa shape index (κ3) is 8.67. The number of aromatic nitrogens is 4. The first kappa shape index (κ1) is 54.1. The fourth-order valence-corrected chi connectivity index (χ4v) is 12.8. The van der Waals surface area contributed by atoms with Gasteiger partial charge in [-0.25, -0.2) is 19.6 Å². The molecule has 5 heterocycles. The number of hydrogen-bond donors (Lipinski definition) is 4. The molecule has 5 aromatic rings. The molecule has 2 saturated heterocycles. The van der Waals surface area contributed by atoms with Crippen LogP contribution in [0.25, 0.3) is 44.2 Å². The van der Waals surface area contributed by atoms with Crippen LogP contribution in [-0.4, -0.2) is 201 Å². The Hall–Kier alpha value is -5.21. The van der Waals surface area contributed by atoms with Crippen LogP contribution in [0.5, 0.6) is 5.75 Å². The Morgan fingerprint density at radius 3 is 1.79 bits per heavy atom. The van der Waals surface area contributed by atoms with E-state index < -0.39 is 43.8 Å². The zero-order valence-corrected chi connectivity index (χ0v) is 46.6. The second kappa shape index (κ2) is 18.6. The number of ether oxygens (including phenoxy) is 3. The molecule has 3 aliphatic heterocycles. The second-order valence-corrected chi connectivity index (χ2v) is 25.3. The second-order valence-electron chi connectivity index (χ2n) is 25.3. The molecule has 15 nitrogen and oxygen atoms in total. The van der Waals surface area contributed by atoms with Crippen LogP contribution in [0.4, 0.5) is 9.59 Å². The summed E-state index contributed by atoms with van der Waals surface area (Å²) in [6.07, 6.45) is 3.54. The monoisotopic (exact) mass is 973 g/mol. The summed E-state index contributed by atoms with van der Waals surface area (Å²) in [5.74, 6) is 1.82. The molecule has 29 heteroatoms. The predicted octanol–water partition coefficient (Wildman–Crippen LogP) is -6.77. The number of carbonyl (C=O) groups is 4. The number of carbonyl (C=O) groups excluding carboxylic acids is 4. The minimum atomic E-state index is -1.34. The minimum Gasteiger partial charge on any atom is -0.488 e. The number of nitrogens with zero attached hydrogens (tertiary/aromatic N) is 4. The average Bonchev–Trinajstić information content (AvgIpc) is 4.14. The molecule has 2 fully saturated rings. The molecule has 0 saturated carbocycles. The molecule has 73 heavy (non-hydrogen) atoms. The van der Waals surface area contributed by atoms with Crippen LogP contribution < -0.4 is 15.4 Å². The van der Waals surface area contributed by atoms with Crippen LogP contribution in [-0.2, 0) is 25.7 Å². The highest BCUT2D eigenvalue weighted by Gasteiger charge is 2.63. The lowest BCUT2D eigenvalue weighted by Crippen LogP contribution is -2.72. The number of nitrogens with one attached hydrogen (secondary N) is 4. The summed E-state index contributed by atoms with van der Waals surface area (Å²) in [7, 11) is 31.5. The highest BCUT2D eigenvalue weighted by atomic mass is 16.5. The van der Waals surface area contributed by atoms with E-state index in [-0.39, 0.29) is 41.1 Å². The van der Waals surface area contributed by atoms with Crippen molar-refractivity contribution in [1.29, 1.82) is 0 Å². The number of fused-ring (bicyclic) bond motifs is 6. The Balaban J connectivity index is 1.08. The van der Waals surface area contributed by atoms with Crippen molar-refractivity contribution < 1.29 is 33.4 Å². The smallest absolute Gasteiger partial charge is 0.407 e. The molecule has 0 radical (unpaired) electrons. The fraction of sp³-hybridized carbons (Fsp3) is 0.455. The lowest BCUT2D eigenvalue weighted by Gasteiger charge is -2.63. The number of aromatic amines is 2. The average molecular weight is 970 g/mol. The zero-order chi connectivity index (χ0) is 53.8. The predicted molar refractivity (Wildman–Crippen MR) is 327 cm³/mol. The zero-order valence-electron chi connectivity index (χ0n) is 46.6. The molecular formula is C44H66B14N8O7. The van der Waals surface area contributed by atoms with Crippen LogP contribution in [0.1, 0.15) is 68.8 Å². The van der Waals surface area contributed by atoms with Gasteiger partial charge in [0, 0.05) is 23.0 Å². The van der Waals surface area contributed by atoms with E-state index in [1.807, 2.05) is 53.4 Å². The highest BCUT2D eigenvalue weighted by Crippen LogP contribution is 2.62. The van der Waals surface area contributed by atoms with Crippen molar-refractivity contribution in [3.8, 4) is 28.1 Å². The van der Waals surface area contributed by atoms with E-state index in [1.54, 1.807) is 0 Å². The van der Waals surface area contributed by atoms with E-state index in [1.165, 1.54) is 14.2 Å². The molecule has 3 aromatic carbocycles. The molecule has 6 atom stereocenters. The summed E-state index contributed by atoms with van der Waals surface area (Å²) in [5.41, 5.74) is 3.90. The van der Waals surface area contributed by atoms with Crippen molar-refractivity contribution in [1.82, 2.24) is 40.4 Å². The number of imidazole rings is 2. The molecule has 2 aromatic heterocycles. The molecule has 3 aliphatic rings. The van der Waals surface area contributed by atoms with Crippen molar-refractivity contribution in [2.75, 3.05) is 14.2 Å². The van der Waals surface area contributed by atoms with Crippen LogP contribution in [0.15, 0.2) is 48.7 Å². The normalized spacial score (nSPS) is 21.0. The summed E-state index contributed by atoms with van der Waals surface area (Å²) in [6, 6.07) is 13.9. The van der Waals surface area contributed by atoms with Gasteiger partial charge in [-0.2, -0.15) is 0 Å². The molecule has 8 rings (SSSR count). The number of hydrogen-bond acceptors (Lipinski definition) is 9. The lowest BCUT2D eigenvalue weighted by atomic mass is 9.11. The molecule has 4 N–H and O–H groups in total. The molecule has 4 amide bonds.